The van der Waals surface area contributed by atoms with Gasteiger partial charge < -0.3 is 14.8 Å². The van der Waals surface area contributed by atoms with E-state index >= 15 is 0 Å². The van der Waals surface area contributed by atoms with Crippen molar-refractivity contribution in [1.29, 1.82) is 0 Å². The molecule has 8 nitrogen and oxygen atoms in total. The van der Waals surface area contributed by atoms with Gasteiger partial charge in [-0.3, -0.25) is 4.79 Å². The van der Waals surface area contributed by atoms with Crippen LogP contribution in [-0.4, -0.2) is 57.7 Å². The molecule has 1 saturated heterocycles. The summed E-state index contributed by atoms with van der Waals surface area (Å²) in [6.07, 6.45) is 5.44. The molecule has 0 radical (unpaired) electrons. The van der Waals surface area contributed by atoms with Crippen LogP contribution >= 0.6 is 11.8 Å². The first-order valence-corrected chi connectivity index (χ1v) is 13.3. The summed E-state index contributed by atoms with van der Waals surface area (Å²) < 4.78 is 38.3. The summed E-state index contributed by atoms with van der Waals surface area (Å²) in [5, 5.41) is 2.71. The Labute approximate surface area is 198 Å². The van der Waals surface area contributed by atoms with E-state index in [2.05, 4.69) is 5.32 Å². The molecule has 0 unspecified atom stereocenters. The number of thioether (sulfide) groups is 1. The third-order valence-electron chi connectivity index (χ3n) is 5.30. The Morgan fingerprint density at radius 1 is 1.06 bits per heavy atom. The van der Waals surface area contributed by atoms with Gasteiger partial charge in [-0.05, 0) is 49.4 Å². The number of nitrogens with one attached hydrogen (secondary N) is 1. The van der Waals surface area contributed by atoms with Gasteiger partial charge in [0.2, 0.25) is 10.0 Å². The predicted octanol–water partition coefficient (Wildman–Crippen LogP) is 3.78. The van der Waals surface area contributed by atoms with Crippen molar-refractivity contribution in [2.24, 2.45) is 0 Å². The van der Waals surface area contributed by atoms with Crippen molar-refractivity contribution in [3.05, 3.63) is 48.0 Å². The molecule has 1 aliphatic rings. The predicted molar refractivity (Wildman–Crippen MR) is 127 cm³/mol. The number of para-hydroxylation sites is 1. The van der Waals surface area contributed by atoms with Crippen molar-refractivity contribution in [1.82, 2.24) is 4.31 Å². The lowest BCUT2D eigenvalue weighted by Gasteiger charge is -2.21. The van der Waals surface area contributed by atoms with Crippen molar-refractivity contribution < 1.29 is 27.5 Å². The highest BCUT2D eigenvalue weighted by molar-refractivity contribution is 7.98. The highest BCUT2D eigenvalue weighted by Gasteiger charge is 2.29. The Morgan fingerprint density at radius 2 is 1.76 bits per heavy atom. The summed E-state index contributed by atoms with van der Waals surface area (Å²) in [6, 6.07) is 11.4. The zero-order valence-electron chi connectivity index (χ0n) is 18.7. The lowest BCUT2D eigenvalue weighted by atomic mass is 10.2. The lowest BCUT2D eigenvalue weighted by Crippen LogP contribution is -2.32. The molecule has 1 aliphatic heterocycles. The summed E-state index contributed by atoms with van der Waals surface area (Å²) in [4.78, 5) is 25.6. The van der Waals surface area contributed by atoms with E-state index in [1.165, 1.54) is 41.4 Å². The number of carbonyl (C=O) groups excluding carboxylic acids is 2. The van der Waals surface area contributed by atoms with Gasteiger partial charge in [0.05, 0.1) is 18.4 Å². The Kier molecular flexibility index (Phi) is 8.76. The first-order valence-electron chi connectivity index (χ1n) is 10.6. The van der Waals surface area contributed by atoms with Crippen LogP contribution in [0.25, 0.3) is 0 Å². The highest BCUT2D eigenvalue weighted by atomic mass is 32.2. The molecular weight excluding hydrogens is 464 g/mol. The van der Waals surface area contributed by atoms with Gasteiger partial charge in [0, 0.05) is 18.0 Å². The van der Waals surface area contributed by atoms with Crippen LogP contribution < -0.4 is 10.1 Å². The fourth-order valence-electron chi connectivity index (χ4n) is 3.57. The summed E-state index contributed by atoms with van der Waals surface area (Å²) >= 11 is 1.48. The van der Waals surface area contributed by atoms with Crippen LogP contribution in [0.2, 0.25) is 0 Å². The molecule has 178 valence electrons. The van der Waals surface area contributed by atoms with Crippen LogP contribution in [0.1, 0.15) is 36.0 Å². The van der Waals surface area contributed by atoms with Crippen molar-refractivity contribution in [2.75, 3.05) is 38.4 Å². The van der Waals surface area contributed by atoms with Crippen LogP contribution in [0.5, 0.6) is 5.75 Å². The first kappa shape index (κ1) is 25.1. The van der Waals surface area contributed by atoms with Gasteiger partial charge in [-0.2, -0.15) is 4.31 Å². The molecule has 1 fully saturated rings. The van der Waals surface area contributed by atoms with Gasteiger partial charge in [0.1, 0.15) is 10.6 Å². The molecule has 0 aliphatic carbocycles. The second-order valence-corrected chi connectivity index (χ2v) is 10.3. The van der Waals surface area contributed by atoms with Gasteiger partial charge in [0.15, 0.2) is 6.61 Å². The lowest BCUT2D eigenvalue weighted by molar-refractivity contribution is -0.119. The molecule has 10 heteroatoms. The van der Waals surface area contributed by atoms with Crippen molar-refractivity contribution in [2.45, 2.75) is 35.5 Å². The Hall–Kier alpha value is -2.56. The number of methoxy groups -OCH3 is 1. The van der Waals surface area contributed by atoms with E-state index in [0.29, 0.717) is 18.8 Å². The second kappa shape index (κ2) is 11.5. The number of esters is 1. The zero-order valence-corrected chi connectivity index (χ0v) is 20.3. The Bertz CT molecular complexity index is 1100. The minimum atomic E-state index is -3.84. The van der Waals surface area contributed by atoms with Crippen LogP contribution in [0.3, 0.4) is 0 Å². The smallest absolute Gasteiger partial charge is 0.338 e. The number of hydrogen-bond donors (Lipinski definition) is 1. The van der Waals surface area contributed by atoms with Gasteiger partial charge in [0.25, 0.3) is 5.91 Å². The average molecular weight is 493 g/mol. The van der Waals surface area contributed by atoms with Gasteiger partial charge in [-0.15, -0.1) is 11.8 Å². The number of nitrogens with zero attached hydrogens (tertiary/aromatic N) is 1. The molecule has 1 heterocycles. The van der Waals surface area contributed by atoms with Crippen LogP contribution in [-0.2, 0) is 19.6 Å². The second-order valence-electron chi connectivity index (χ2n) is 7.51. The normalized spacial score (nSPS) is 14.8. The van der Waals surface area contributed by atoms with E-state index in [1.54, 1.807) is 12.1 Å². The van der Waals surface area contributed by atoms with Crippen molar-refractivity contribution in [3.63, 3.8) is 0 Å². The molecule has 1 amide bonds. The maximum atomic E-state index is 13.3. The van der Waals surface area contributed by atoms with Gasteiger partial charge in [-0.25, -0.2) is 13.2 Å². The summed E-state index contributed by atoms with van der Waals surface area (Å²) in [5.41, 5.74) is 0.655. The third-order valence-corrected chi connectivity index (χ3v) is 8.01. The molecule has 0 aromatic heterocycles. The molecule has 0 bridgehead atoms. The fourth-order valence-corrected chi connectivity index (χ4v) is 5.83. The number of sulfonamides is 1. The van der Waals surface area contributed by atoms with E-state index in [9.17, 15) is 18.0 Å². The largest absolute Gasteiger partial charge is 0.495 e. The number of anilines is 1. The summed E-state index contributed by atoms with van der Waals surface area (Å²) in [5.74, 6) is -1.13. The Balaban J connectivity index is 1.72. The van der Waals surface area contributed by atoms with E-state index in [1.807, 2.05) is 18.4 Å². The molecule has 2 aromatic rings. The maximum Gasteiger partial charge on any atom is 0.338 e. The maximum absolute atomic E-state index is 13.3. The van der Waals surface area contributed by atoms with Gasteiger partial charge in [-0.1, -0.05) is 25.0 Å². The molecule has 3 rings (SSSR count). The minimum Gasteiger partial charge on any atom is -0.495 e. The van der Waals surface area contributed by atoms with E-state index in [4.69, 9.17) is 9.47 Å². The molecule has 0 spiro atoms. The number of ether oxygens (including phenoxy) is 2. The molecule has 1 N–H and O–H groups in total. The number of carbonyl (C=O) groups is 2. The molecule has 0 saturated carbocycles. The van der Waals surface area contributed by atoms with E-state index in [-0.39, 0.29) is 16.2 Å². The Morgan fingerprint density at radius 3 is 2.42 bits per heavy atom. The topological polar surface area (TPSA) is 102 Å². The number of benzene rings is 2. The fraction of sp³-hybridized carbons (Fsp3) is 0.391. The van der Waals surface area contributed by atoms with Crippen LogP contribution in [0.4, 0.5) is 5.69 Å². The SMILES string of the molecule is COc1ccc(C(=O)OCC(=O)Nc2ccccc2SC)cc1S(=O)(=O)N1CCCCCC1. The number of hydrogen-bond acceptors (Lipinski definition) is 7. The highest BCUT2D eigenvalue weighted by Crippen LogP contribution is 2.30. The van der Waals surface area contributed by atoms with E-state index < -0.39 is 28.5 Å². The molecule has 33 heavy (non-hydrogen) atoms. The monoisotopic (exact) mass is 492 g/mol. The quantitative estimate of drug-likeness (QED) is 0.442. The van der Waals surface area contributed by atoms with Crippen molar-refractivity contribution >= 4 is 39.3 Å². The third kappa shape index (κ3) is 6.27. The average Bonchev–Trinajstić information content (AvgIpc) is 3.13. The summed E-state index contributed by atoms with van der Waals surface area (Å²) in [6.45, 7) is 0.359. The number of rotatable bonds is 8. The first-order chi connectivity index (χ1) is 15.9. The molecule has 2 aromatic carbocycles. The standard InChI is InChI=1S/C23H28N2O6S2/c1-30-19-12-11-17(15-21(19)33(28,29)25-13-7-3-4-8-14-25)23(27)31-16-22(26)24-18-9-5-6-10-20(18)32-2/h5-6,9-12,15H,3-4,7-8,13-14,16H2,1-2H3,(H,24,26). The number of amides is 1. The summed E-state index contributed by atoms with van der Waals surface area (Å²) in [7, 11) is -2.46. The van der Waals surface area contributed by atoms with E-state index in [0.717, 1.165) is 30.6 Å². The molecular formula is C23H28N2O6S2. The van der Waals surface area contributed by atoms with Gasteiger partial charge >= 0.3 is 5.97 Å². The minimum absolute atomic E-state index is 0.0292. The zero-order chi connectivity index (χ0) is 23.8. The van der Waals surface area contributed by atoms with Crippen LogP contribution in [0, 0.1) is 0 Å². The van der Waals surface area contributed by atoms with Crippen molar-refractivity contribution in [3.8, 4) is 5.75 Å². The van der Waals surface area contributed by atoms with Crippen LogP contribution in [0.15, 0.2) is 52.3 Å². The molecule has 0 atom stereocenters.